The number of hydrogen-bond donors (Lipinski definition) is 2. The molecule has 0 heterocycles. The van der Waals surface area contributed by atoms with Gasteiger partial charge in [0.15, 0.2) is 0 Å². The van der Waals surface area contributed by atoms with E-state index in [-0.39, 0.29) is 11.8 Å². The zero-order valence-electron chi connectivity index (χ0n) is 11.0. The van der Waals surface area contributed by atoms with Crippen LogP contribution in [0.5, 0.6) is 5.75 Å². The fraction of sp³-hybridized carbons (Fsp3) is 0.429. The summed E-state index contributed by atoms with van der Waals surface area (Å²) < 4.78 is 5.25. The molecule has 2 atom stereocenters. The number of carbonyl (C=O) groups is 2. The van der Waals surface area contributed by atoms with Gasteiger partial charge in [-0.1, -0.05) is 12.1 Å². The van der Waals surface area contributed by atoms with Gasteiger partial charge < -0.3 is 15.2 Å². The van der Waals surface area contributed by atoms with E-state index >= 15 is 0 Å². The number of rotatable bonds is 5. The number of amides is 1. The van der Waals surface area contributed by atoms with Crippen molar-refractivity contribution in [2.75, 3.05) is 7.11 Å². The van der Waals surface area contributed by atoms with Gasteiger partial charge in [0.05, 0.1) is 18.9 Å². The van der Waals surface area contributed by atoms with Crippen molar-refractivity contribution < 1.29 is 19.4 Å². The van der Waals surface area contributed by atoms with Crippen LogP contribution in [-0.2, 0) is 16.1 Å². The number of ether oxygens (including phenoxy) is 1. The van der Waals surface area contributed by atoms with Crippen LogP contribution in [0.2, 0.25) is 0 Å². The normalized spacial score (nSPS) is 20.7. The fourth-order valence-corrected chi connectivity index (χ4v) is 2.07. The maximum atomic E-state index is 11.7. The van der Waals surface area contributed by atoms with Gasteiger partial charge in [0, 0.05) is 12.1 Å². The van der Waals surface area contributed by atoms with Crippen LogP contribution in [0.3, 0.4) is 0 Å². The Kier molecular flexibility index (Phi) is 3.74. The molecule has 1 aliphatic carbocycles. The van der Waals surface area contributed by atoms with Crippen LogP contribution in [0.1, 0.15) is 17.5 Å². The number of carboxylic acid groups (broad SMARTS) is 1. The van der Waals surface area contributed by atoms with Gasteiger partial charge in [0.1, 0.15) is 5.75 Å². The minimum absolute atomic E-state index is 0.199. The van der Waals surface area contributed by atoms with Crippen molar-refractivity contribution in [3.8, 4) is 5.75 Å². The van der Waals surface area contributed by atoms with Crippen LogP contribution in [0, 0.1) is 18.8 Å². The lowest BCUT2D eigenvalue weighted by Crippen LogP contribution is -2.26. The quantitative estimate of drug-likeness (QED) is 0.840. The highest BCUT2D eigenvalue weighted by atomic mass is 16.5. The van der Waals surface area contributed by atoms with Gasteiger partial charge in [0.2, 0.25) is 5.91 Å². The van der Waals surface area contributed by atoms with E-state index in [0.29, 0.717) is 13.0 Å². The Morgan fingerprint density at radius 2 is 2.16 bits per heavy atom. The molecule has 0 radical (unpaired) electrons. The maximum absolute atomic E-state index is 11.7. The van der Waals surface area contributed by atoms with Crippen molar-refractivity contribution in [3.63, 3.8) is 0 Å². The van der Waals surface area contributed by atoms with Crippen molar-refractivity contribution in [1.29, 1.82) is 0 Å². The van der Waals surface area contributed by atoms with Gasteiger partial charge in [-0.15, -0.1) is 0 Å². The van der Waals surface area contributed by atoms with Crippen LogP contribution in [-0.4, -0.2) is 24.1 Å². The van der Waals surface area contributed by atoms with E-state index in [1.807, 2.05) is 25.1 Å². The molecule has 0 aromatic heterocycles. The van der Waals surface area contributed by atoms with Crippen molar-refractivity contribution >= 4 is 11.9 Å². The zero-order chi connectivity index (χ0) is 14.0. The molecule has 1 aliphatic rings. The highest BCUT2D eigenvalue weighted by Crippen LogP contribution is 2.38. The second kappa shape index (κ2) is 5.30. The topological polar surface area (TPSA) is 75.6 Å². The van der Waals surface area contributed by atoms with E-state index in [1.54, 1.807) is 7.11 Å². The molecule has 0 saturated heterocycles. The summed E-state index contributed by atoms with van der Waals surface area (Å²) in [6.07, 6.45) is 0.437. The number of methoxy groups -OCH3 is 1. The maximum Gasteiger partial charge on any atom is 0.307 e. The zero-order valence-corrected chi connectivity index (χ0v) is 11.0. The van der Waals surface area contributed by atoms with Crippen LogP contribution in [0.25, 0.3) is 0 Å². The van der Waals surface area contributed by atoms with Crippen LogP contribution < -0.4 is 10.1 Å². The molecule has 1 amide bonds. The second-order valence-electron chi connectivity index (χ2n) is 4.82. The van der Waals surface area contributed by atoms with E-state index in [4.69, 9.17) is 9.84 Å². The Morgan fingerprint density at radius 3 is 2.74 bits per heavy atom. The first-order valence-electron chi connectivity index (χ1n) is 6.17. The van der Waals surface area contributed by atoms with E-state index in [9.17, 15) is 9.59 Å². The summed E-state index contributed by atoms with van der Waals surface area (Å²) in [7, 11) is 1.58. The molecule has 0 bridgehead atoms. The number of aliphatic carboxylic acids is 1. The predicted molar refractivity (Wildman–Crippen MR) is 68.8 cm³/mol. The minimum Gasteiger partial charge on any atom is -0.496 e. The molecular weight excluding hydrogens is 246 g/mol. The molecule has 5 nitrogen and oxygen atoms in total. The molecule has 5 heteroatoms. The van der Waals surface area contributed by atoms with Crippen LogP contribution in [0.4, 0.5) is 0 Å². The van der Waals surface area contributed by atoms with Crippen LogP contribution in [0.15, 0.2) is 18.2 Å². The van der Waals surface area contributed by atoms with Crippen molar-refractivity contribution in [3.05, 3.63) is 29.3 Å². The SMILES string of the molecule is COc1cc(C)ccc1CNC(=O)C1CC1C(=O)O. The molecule has 19 heavy (non-hydrogen) atoms. The Labute approximate surface area is 111 Å². The smallest absolute Gasteiger partial charge is 0.307 e. The van der Waals surface area contributed by atoms with E-state index < -0.39 is 11.9 Å². The number of hydrogen-bond acceptors (Lipinski definition) is 3. The summed E-state index contributed by atoms with van der Waals surface area (Å²) in [6.45, 7) is 2.32. The fourth-order valence-electron chi connectivity index (χ4n) is 2.07. The Morgan fingerprint density at radius 1 is 1.42 bits per heavy atom. The van der Waals surface area contributed by atoms with Gasteiger partial charge in [-0.2, -0.15) is 0 Å². The van der Waals surface area contributed by atoms with Gasteiger partial charge >= 0.3 is 5.97 Å². The monoisotopic (exact) mass is 263 g/mol. The first-order chi connectivity index (χ1) is 9.02. The van der Waals surface area contributed by atoms with E-state index in [1.165, 1.54) is 0 Å². The number of carbonyl (C=O) groups excluding carboxylic acids is 1. The lowest BCUT2D eigenvalue weighted by molar-refractivity contribution is -0.140. The molecule has 1 fully saturated rings. The molecule has 1 aromatic carbocycles. The summed E-state index contributed by atoms with van der Waals surface area (Å²) in [5, 5.41) is 11.5. The first-order valence-corrected chi connectivity index (χ1v) is 6.17. The van der Waals surface area contributed by atoms with Gasteiger partial charge in [-0.3, -0.25) is 9.59 Å². The van der Waals surface area contributed by atoms with Gasteiger partial charge in [0.25, 0.3) is 0 Å². The number of carboxylic acids is 1. The molecule has 2 unspecified atom stereocenters. The van der Waals surface area contributed by atoms with Crippen molar-refractivity contribution in [2.24, 2.45) is 11.8 Å². The van der Waals surface area contributed by atoms with Crippen molar-refractivity contribution in [1.82, 2.24) is 5.32 Å². The molecule has 0 spiro atoms. The first kappa shape index (κ1) is 13.4. The Hall–Kier alpha value is -2.04. The van der Waals surface area contributed by atoms with Crippen molar-refractivity contribution in [2.45, 2.75) is 19.9 Å². The molecule has 2 N–H and O–H groups in total. The Bertz CT molecular complexity index is 512. The molecule has 2 rings (SSSR count). The number of benzene rings is 1. The van der Waals surface area contributed by atoms with Gasteiger partial charge in [-0.25, -0.2) is 0 Å². The van der Waals surface area contributed by atoms with E-state index in [0.717, 1.165) is 16.9 Å². The number of nitrogens with one attached hydrogen (secondary N) is 1. The number of aryl methyl sites for hydroxylation is 1. The Balaban J connectivity index is 1.93. The third-order valence-electron chi connectivity index (χ3n) is 3.34. The summed E-state index contributed by atoms with van der Waals surface area (Å²) in [4.78, 5) is 22.4. The lowest BCUT2D eigenvalue weighted by atomic mass is 10.1. The predicted octanol–water partition coefficient (Wildman–Crippen LogP) is 1.34. The summed E-state index contributed by atoms with van der Waals surface area (Å²) in [5.74, 6) is -1.26. The molecule has 1 aromatic rings. The molecule has 0 aliphatic heterocycles. The average molecular weight is 263 g/mol. The standard InChI is InChI=1S/C14H17NO4/c1-8-3-4-9(12(5-8)19-2)7-15-13(16)10-6-11(10)14(17)18/h3-5,10-11H,6-7H2,1-2H3,(H,15,16)(H,17,18). The van der Waals surface area contributed by atoms with E-state index in [2.05, 4.69) is 5.32 Å². The minimum atomic E-state index is -0.895. The summed E-state index contributed by atoms with van der Waals surface area (Å²) >= 11 is 0. The third kappa shape index (κ3) is 3.05. The second-order valence-corrected chi connectivity index (χ2v) is 4.82. The highest BCUT2D eigenvalue weighted by Gasteiger charge is 2.48. The molecule has 102 valence electrons. The van der Waals surface area contributed by atoms with Gasteiger partial charge in [-0.05, 0) is 25.0 Å². The summed E-state index contributed by atoms with van der Waals surface area (Å²) in [6, 6.07) is 5.75. The van der Waals surface area contributed by atoms with Crippen LogP contribution >= 0.6 is 0 Å². The summed E-state index contributed by atoms with van der Waals surface area (Å²) in [5.41, 5.74) is 1.97. The third-order valence-corrected chi connectivity index (χ3v) is 3.34. The lowest BCUT2D eigenvalue weighted by Gasteiger charge is -2.10. The average Bonchev–Trinajstić information content (AvgIpc) is 3.17. The largest absolute Gasteiger partial charge is 0.496 e. The molecule has 1 saturated carbocycles. The highest BCUT2D eigenvalue weighted by molar-refractivity contribution is 5.89. The molecular formula is C14H17NO4.